The molecule has 11 heteroatoms. The van der Waals surface area contributed by atoms with Crippen molar-refractivity contribution in [2.75, 3.05) is 10.8 Å². The molecule has 3 aromatic carbocycles. The summed E-state index contributed by atoms with van der Waals surface area (Å²) >= 11 is 18.8. The van der Waals surface area contributed by atoms with Crippen molar-refractivity contribution in [3.63, 3.8) is 0 Å². The van der Waals surface area contributed by atoms with E-state index in [9.17, 15) is 18.0 Å². The van der Waals surface area contributed by atoms with Crippen molar-refractivity contribution in [1.29, 1.82) is 0 Å². The van der Waals surface area contributed by atoms with Crippen LogP contribution in [0.1, 0.15) is 50.2 Å². The monoisotopic (exact) mass is 649 g/mol. The third-order valence-electron chi connectivity index (χ3n) is 7.43. The molecule has 0 aromatic heterocycles. The maximum absolute atomic E-state index is 14.2. The van der Waals surface area contributed by atoms with Crippen LogP contribution in [0.2, 0.25) is 15.1 Å². The minimum Gasteiger partial charge on any atom is -0.352 e. The number of hydrogen-bond acceptors (Lipinski definition) is 4. The van der Waals surface area contributed by atoms with Crippen LogP contribution in [0, 0.1) is 6.92 Å². The first-order chi connectivity index (χ1) is 20.0. The normalized spacial score (nSPS) is 14.4. The molecule has 2 amide bonds. The van der Waals surface area contributed by atoms with Gasteiger partial charge in [-0.15, -0.1) is 0 Å². The lowest BCUT2D eigenvalue weighted by Gasteiger charge is -2.34. The third kappa shape index (κ3) is 7.78. The number of hydrogen-bond donors (Lipinski definition) is 1. The molecule has 1 saturated carbocycles. The van der Waals surface area contributed by atoms with Crippen molar-refractivity contribution in [3.8, 4) is 0 Å². The molecular formula is C31H34Cl3N3O4S. The van der Waals surface area contributed by atoms with E-state index in [1.807, 2.05) is 13.8 Å². The molecule has 0 saturated heterocycles. The van der Waals surface area contributed by atoms with Gasteiger partial charge in [0.2, 0.25) is 11.8 Å². The largest absolute Gasteiger partial charge is 0.352 e. The zero-order valence-corrected chi connectivity index (χ0v) is 26.6. The number of amides is 2. The number of aryl methyl sites for hydroxylation is 1. The predicted octanol–water partition coefficient (Wildman–Crippen LogP) is 7.02. The maximum Gasteiger partial charge on any atom is 0.264 e. The Morgan fingerprint density at radius 3 is 2.24 bits per heavy atom. The molecule has 0 bridgehead atoms. The number of anilines is 1. The molecule has 7 nitrogen and oxygen atoms in total. The highest BCUT2D eigenvalue weighted by atomic mass is 35.5. The molecule has 1 atom stereocenters. The Balaban J connectivity index is 1.73. The first kappa shape index (κ1) is 32.1. The van der Waals surface area contributed by atoms with Gasteiger partial charge >= 0.3 is 0 Å². The second-order valence-corrected chi connectivity index (χ2v) is 13.6. The number of rotatable bonds is 11. The summed E-state index contributed by atoms with van der Waals surface area (Å²) in [7, 11) is -4.19. The molecule has 1 N–H and O–H groups in total. The number of nitrogens with one attached hydrogen (secondary N) is 1. The zero-order valence-electron chi connectivity index (χ0n) is 23.5. The first-order valence-corrected chi connectivity index (χ1v) is 16.5. The van der Waals surface area contributed by atoms with Crippen LogP contribution < -0.4 is 9.62 Å². The Kier molecular flexibility index (Phi) is 10.8. The minimum absolute atomic E-state index is 0.0145. The second kappa shape index (κ2) is 14.1. The van der Waals surface area contributed by atoms with Gasteiger partial charge in [-0.2, -0.15) is 0 Å². The van der Waals surface area contributed by atoms with E-state index < -0.39 is 28.5 Å². The minimum atomic E-state index is -4.19. The van der Waals surface area contributed by atoms with Crippen LogP contribution in [0.25, 0.3) is 0 Å². The number of sulfonamides is 1. The van der Waals surface area contributed by atoms with Crippen molar-refractivity contribution in [2.45, 2.75) is 69.5 Å². The molecule has 4 rings (SSSR count). The van der Waals surface area contributed by atoms with Gasteiger partial charge in [0.1, 0.15) is 12.6 Å². The van der Waals surface area contributed by atoms with Gasteiger partial charge in [0.05, 0.1) is 10.6 Å². The summed E-state index contributed by atoms with van der Waals surface area (Å²) in [6.45, 7) is 3.10. The SMILES string of the molecule is CC[C@H](C(=O)NC1CCCC1)N(Cc1ccc(Cl)cc1Cl)C(=O)CN(c1cccc(Cl)c1)S(=O)(=O)c1ccc(C)cc1. The molecule has 0 heterocycles. The van der Waals surface area contributed by atoms with Crippen LogP contribution >= 0.6 is 34.8 Å². The molecule has 42 heavy (non-hydrogen) atoms. The van der Waals surface area contributed by atoms with E-state index in [2.05, 4.69) is 5.32 Å². The summed E-state index contributed by atoms with van der Waals surface area (Å²) in [6.07, 6.45) is 4.16. The quantitative estimate of drug-likeness (QED) is 0.242. The van der Waals surface area contributed by atoms with Crippen LogP contribution in [0.4, 0.5) is 5.69 Å². The number of halogens is 3. The lowest BCUT2D eigenvalue weighted by Crippen LogP contribution is -2.53. The van der Waals surface area contributed by atoms with Gasteiger partial charge in [0.25, 0.3) is 10.0 Å². The Bertz CT molecular complexity index is 1530. The molecule has 0 unspecified atom stereocenters. The summed E-state index contributed by atoms with van der Waals surface area (Å²) < 4.78 is 29.0. The summed E-state index contributed by atoms with van der Waals surface area (Å²) in [4.78, 5) is 29.2. The smallest absolute Gasteiger partial charge is 0.264 e. The lowest BCUT2D eigenvalue weighted by molar-refractivity contribution is -0.140. The van der Waals surface area contributed by atoms with Crippen molar-refractivity contribution in [1.82, 2.24) is 10.2 Å². The predicted molar refractivity (Wildman–Crippen MR) is 169 cm³/mol. The summed E-state index contributed by atoms with van der Waals surface area (Å²) in [5, 5.41) is 4.18. The van der Waals surface area contributed by atoms with E-state index in [0.717, 1.165) is 35.6 Å². The maximum atomic E-state index is 14.2. The highest BCUT2D eigenvalue weighted by Gasteiger charge is 2.35. The van der Waals surface area contributed by atoms with Gasteiger partial charge in [-0.25, -0.2) is 8.42 Å². The average Bonchev–Trinajstić information content (AvgIpc) is 3.45. The summed E-state index contributed by atoms with van der Waals surface area (Å²) in [5.74, 6) is -0.844. The van der Waals surface area contributed by atoms with Crippen LogP contribution in [0.15, 0.2) is 71.6 Å². The van der Waals surface area contributed by atoms with E-state index in [1.54, 1.807) is 48.5 Å². The fourth-order valence-corrected chi connectivity index (χ4v) is 7.18. The molecule has 0 radical (unpaired) electrons. The summed E-state index contributed by atoms with van der Waals surface area (Å²) in [5.41, 5.74) is 1.70. The average molecular weight is 651 g/mol. The van der Waals surface area contributed by atoms with Crippen LogP contribution in [-0.4, -0.2) is 43.8 Å². The van der Waals surface area contributed by atoms with Crippen molar-refractivity contribution >= 4 is 62.3 Å². The van der Waals surface area contributed by atoms with Gasteiger partial charge in [0, 0.05) is 27.7 Å². The molecule has 1 aliphatic carbocycles. The topological polar surface area (TPSA) is 86.8 Å². The van der Waals surface area contributed by atoms with E-state index in [1.165, 1.54) is 23.1 Å². The molecule has 1 aliphatic rings. The summed E-state index contributed by atoms with van der Waals surface area (Å²) in [6, 6.07) is 16.8. The molecule has 0 spiro atoms. The molecule has 224 valence electrons. The zero-order chi connectivity index (χ0) is 30.4. The fraction of sp³-hybridized carbons (Fsp3) is 0.355. The van der Waals surface area contributed by atoms with Gasteiger partial charge in [-0.1, -0.05) is 84.4 Å². The lowest BCUT2D eigenvalue weighted by atomic mass is 10.1. The molecule has 0 aliphatic heterocycles. The van der Waals surface area contributed by atoms with Crippen molar-refractivity contribution in [2.24, 2.45) is 0 Å². The molecular weight excluding hydrogens is 617 g/mol. The number of carbonyl (C=O) groups is 2. The Morgan fingerprint density at radius 2 is 1.62 bits per heavy atom. The second-order valence-electron chi connectivity index (χ2n) is 10.5. The highest BCUT2D eigenvalue weighted by Crippen LogP contribution is 2.29. The van der Waals surface area contributed by atoms with Gasteiger partial charge < -0.3 is 10.2 Å². The number of benzene rings is 3. The molecule has 3 aromatic rings. The van der Waals surface area contributed by atoms with Crippen LogP contribution in [-0.2, 0) is 26.2 Å². The van der Waals surface area contributed by atoms with E-state index in [4.69, 9.17) is 34.8 Å². The van der Waals surface area contributed by atoms with Gasteiger partial charge in [-0.3, -0.25) is 13.9 Å². The van der Waals surface area contributed by atoms with E-state index in [0.29, 0.717) is 27.1 Å². The number of carbonyl (C=O) groups excluding carboxylic acids is 2. The Hall–Kier alpha value is -2.78. The van der Waals surface area contributed by atoms with Crippen LogP contribution in [0.3, 0.4) is 0 Å². The molecule has 1 fully saturated rings. The Labute approximate surface area is 262 Å². The van der Waals surface area contributed by atoms with Crippen molar-refractivity contribution < 1.29 is 18.0 Å². The third-order valence-corrected chi connectivity index (χ3v) is 10.0. The van der Waals surface area contributed by atoms with E-state index in [-0.39, 0.29) is 29.1 Å². The van der Waals surface area contributed by atoms with Gasteiger partial charge in [-0.05, 0) is 74.2 Å². The van der Waals surface area contributed by atoms with Gasteiger partial charge in [0.15, 0.2) is 0 Å². The van der Waals surface area contributed by atoms with Crippen molar-refractivity contribution in [3.05, 3.63) is 92.9 Å². The van der Waals surface area contributed by atoms with Crippen LogP contribution in [0.5, 0.6) is 0 Å². The highest BCUT2D eigenvalue weighted by molar-refractivity contribution is 7.92. The Morgan fingerprint density at radius 1 is 0.952 bits per heavy atom. The fourth-order valence-electron chi connectivity index (χ4n) is 5.12. The number of nitrogens with zero attached hydrogens (tertiary/aromatic N) is 2. The van der Waals surface area contributed by atoms with E-state index >= 15 is 0 Å². The standard InChI is InChI=1S/C31H34Cl3N3O4S/c1-3-29(31(39)35-25-8-4-5-9-25)36(19-22-13-14-24(33)18-28(22)34)30(38)20-37(26-10-6-7-23(32)17-26)42(40,41)27-15-11-21(2)12-16-27/h6-7,10-18,25,29H,3-5,8-9,19-20H2,1-2H3,(H,35,39)/t29-/m1/s1. The first-order valence-electron chi connectivity index (χ1n) is 13.9.